The van der Waals surface area contributed by atoms with Gasteiger partial charge in [0.1, 0.15) is 12.3 Å². The summed E-state index contributed by atoms with van der Waals surface area (Å²) in [4.78, 5) is 25.2. The van der Waals surface area contributed by atoms with Gasteiger partial charge in [-0.2, -0.15) is 5.10 Å². The predicted molar refractivity (Wildman–Crippen MR) is 155 cm³/mol. The van der Waals surface area contributed by atoms with Crippen LogP contribution in [0, 0.1) is 20.8 Å². The minimum atomic E-state index is -4.04. The van der Waals surface area contributed by atoms with Crippen LogP contribution in [0.2, 0.25) is 0 Å². The summed E-state index contributed by atoms with van der Waals surface area (Å²) >= 11 is 0. The standard InChI is InChI=1S/C31H29N3O5S/c1-22-12-18-28(19-13-22)40(37,38)34(29-11-7-8-23(2)24(29)3)21-30(35)33-32-20-25-14-16-27(17-15-25)39-31(36)26-9-5-4-6-10-26/h4-20H,21H2,1-3H3,(H,33,35)/b32-20-. The third-order valence-corrected chi connectivity index (χ3v) is 8.02. The first-order valence-electron chi connectivity index (χ1n) is 12.5. The number of ether oxygens (including phenoxy) is 1. The highest BCUT2D eigenvalue weighted by molar-refractivity contribution is 7.92. The fraction of sp³-hybridized carbons (Fsp3) is 0.129. The highest BCUT2D eigenvalue weighted by atomic mass is 32.2. The number of hydrazone groups is 1. The zero-order chi connectivity index (χ0) is 28.7. The Morgan fingerprint density at radius 1 is 0.850 bits per heavy atom. The molecule has 4 aromatic carbocycles. The first-order chi connectivity index (χ1) is 19.1. The SMILES string of the molecule is Cc1ccc(S(=O)(=O)N(CC(=O)N/N=C\c2ccc(OC(=O)c3ccccc3)cc2)c2cccc(C)c2C)cc1. The molecule has 0 aliphatic rings. The van der Waals surface area contributed by atoms with Gasteiger partial charge < -0.3 is 4.74 Å². The van der Waals surface area contributed by atoms with Crippen LogP contribution < -0.4 is 14.5 Å². The molecule has 0 spiro atoms. The van der Waals surface area contributed by atoms with Crippen molar-refractivity contribution in [1.29, 1.82) is 0 Å². The Kier molecular flexibility index (Phi) is 8.76. The first-order valence-corrected chi connectivity index (χ1v) is 13.9. The molecule has 0 saturated carbocycles. The monoisotopic (exact) mass is 555 g/mol. The van der Waals surface area contributed by atoms with Crippen molar-refractivity contribution in [3.8, 4) is 5.75 Å². The molecule has 40 heavy (non-hydrogen) atoms. The molecule has 1 N–H and O–H groups in total. The number of esters is 1. The molecule has 0 radical (unpaired) electrons. The average Bonchev–Trinajstić information content (AvgIpc) is 2.95. The molecule has 0 fully saturated rings. The first kappa shape index (κ1) is 28.3. The summed E-state index contributed by atoms with van der Waals surface area (Å²) in [5, 5.41) is 3.98. The van der Waals surface area contributed by atoms with E-state index in [4.69, 9.17) is 4.74 Å². The van der Waals surface area contributed by atoms with Gasteiger partial charge in [-0.1, -0.05) is 48.0 Å². The van der Waals surface area contributed by atoms with Crippen molar-refractivity contribution >= 4 is 33.8 Å². The molecule has 0 atom stereocenters. The summed E-state index contributed by atoms with van der Waals surface area (Å²) in [6, 6.07) is 27.0. The number of carbonyl (C=O) groups is 2. The van der Waals surface area contributed by atoms with E-state index >= 15 is 0 Å². The summed E-state index contributed by atoms with van der Waals surface area (Å²) in [5.41, 5.74) is 6.48. The quantitative estimate of drug-likeness (QED) is 0.133. The molecular formula is C31H29N3O5S. The lowest BCUT2D eigenvalue weighted by atomic mass is 10.1. The number of aryl methyl sites for hydroxylation is 2. The molecule has 0 aromatic heterocycles. The molecule has 0 bridgehead atoms. The minimum absolute atomic E-state index is 0.0864. The number of amides is 1. The second-order valence-corrected chi connectivity index (χ2v) is 11.0. The molecule has 0 aliphatic heterocycles. The summed E-state index contributed by atoms with van der Waals surface area (Å²) < 4.78 is 33.7. The van der Waals surface area contributed by atoms with Crippen molar-refractivity contribution in [2.24, 2.45) is 5.10 Å². The average molecular weight is 556 g/mol. The van der Waals surface area contributed by atoms with Crippen molar-refractivity contribution in [1.82, 2.24) is 5.43 Å². The van der Waals surface area contributed by atoms with E-state index in [1.54, 1.807) is 72.8 Å². The molecule has 9 heteroatoms. The van der Waals surface area contributed by atoms with Crippen LogP contribution in [0.4, 0.5) is 5.69 Å². The largest absolute Gasteiger partial charge is 0.423 e. The molecule has 0 aliphatic carbocycles. The van der Waals surface area contributed by atoms with Crippen molar-refractivity contribution in [3.05, 3.63) is 125 Å². The highest BCUT2D eigenvalue weighted by Gasteiger charge is 2.28. The second-order valence-electron chi connectivity index (χ2n) is 9.16. The van der Waals surface area contributed by atoms with Crippen LogP contribution in [-0.4, -0.2) is 33.1 Å². The Labute approximate surface area is 234 Å². The van der Waals surface area contributed by atoms with Crippen molar-refractivity contribution in [2.75, 3.05) is 10.8 Å². The summed E-state index contributed by atoms with van der Waals surface area (Å²) in [5.74, 6) is -0.718. The molecule has 204 valence electrons. The van der Waals surface area contributed by atoms with Crippen LogP contribution in [0.25, 0.3) is 0 Å². The van der Waals surface area contributed by atoms with Crippen LogP contribution in [0.5, 0.6) is 5.75 Å². The van der Waals surface area contributed by atoms with Gasteiger partial charge in [0.05, 0.1) is 22.4 Å². The summed E-state index contributed by atoms with van der Waals surface area (Å²) in [6.45, 7) is 5.11. The fourth-order valence-corrected chi connectivity index (χ4v) is 5.33. The smallest absolute Gasteiger partial charge is 0.343 e. The molecule has 1 amide bonds. The number of rotatable bonds is 9. The lowest BCUT2D eigenvalue weighted by molar-refractivity contribution is -0.119. The van der Waals surface area contributed by atoms with Gasteiger partial charge in [-0.05, 0) is 92.1 Å². The Morgan fingerprint density at radius 3 is 2.20 bits per heavy atom. The Morgan fingerprint density at radius 2 is 1.52 bits per heavy atom. The van der Waals surface area contributed by atoms with Gasteiger partial charge in [-0.15, -0.1) is 0 Å². The van der Waals surface area contributed by atoms with E-state index in [0.29, 0.717) is 22.6 Å². The Hall–Kier alpha value is -4.76. The van der Waals surface area contributed by atoms with Gasteiger partial charge in [0, 0.05) is 0 Å². The number of nitrogens with zero attached hydrogens (tertiary/aromatic N) is 2. The van der Waals surface area contributed by atoms with Crippen LogP contribution in [0.3, 0.4) is 0 Å². The summed E-state index contributed by atoms with van der Waals surface area (Å²) in [7, 11) is -4.04. The summed E-state index contributed by atoms with van der Waals surface area (Å²) in [6.07, 6.45) is 1.41. The van der Waals surface area contributed by atoms with Crippen LogP contribution >= 0.6 is 0 Å². The number of sulfonamides is 1. The van der Waals surface area contributed by atoms with Crippen LogP contribution in [0.1, 0.15) is 32.6 Å². The number of hydrogen-bond acceptors (Lipinski definition) is 6. The number of carbonyl (C=O) groups excluding carboxylic acids is 2. The highest BCUT2D eigenvalue weighted by Crippen LogP contribution is 2.28. The molecule has 8 nitrogen and oxygen atoms in total. The van der Waals surface area contributed by atoms with Crippen LogP contribution in [-0.2, 0) is 14.8 Å². The number of nitrogens with one attached hydrogen (secondary N) is 1. The third-order valence-electron chi connectivity index (χ3n) is 6.24. The molecule has 0 heterocycles. The van der Waals surface area contributed by atoms with Crippen molar-refractivity contribution in [2.45, 2.75) is 25.7 Å². The molecule has 0 unspecified atom stereocenters. The van der Waals surface area contributed by atoms with E-state index in [-0.39, 0.29) is 4.90 Å². The van der Waals surface area contributed by atoms with E-state index < -0.39 is 28.4 Å². The topological polar surface area (TPSA) is 105 Å². The number of anilines is 1. The number of hydrogen-bond donors (Lipinski definition) is 1. The van der Waals surface area contributed by atoms with Gasteiger partial charge in [-0.25, -0.2) is 18.6 Å². The molecular weight excluding hydrogens is 526 g/mol. The lowest BCUT2D eigenvalue weighted by Gasteiger charge is -2.26. The van der Waals surface area contributed by atoms with Crippen LogP contribution in [0.15, 0.2) is 107 Å². The predicted octanol–water partition coefficient (Wildman–Crippen LogP) is 5.18. The van der Waals surface area contributed by atoms with Gasteiger partial charge in [0.15, 0.2) is 0 Å². The van der Waals surface area contributed by atoms with Gasteiger partial charge in [-0.3, -0.25) is 9.10 Å². The molecule has 4 rings (SSSR count). The van der Waals surface area contributed by atoms with E-state index in [1.165, 1.54) is 18.3 Å². The minimum Gasteiger partial charge on any atom is -0.423 e. The van der Waals surface area contributed by atoms with Gasteiger partial charge in [0.2, 0.25) is 0 Å². The Bertz CT molecular complexity index is 1630. The second kappa shape index (κ2) is 12.4. The van der Waals surface area contributed by atoms with E-state index in [2.05, 4.69) is 10.5 Å². The Balaban J connectivity index is 1.46. The van der Waals surface area contributed by atoms with E-state index in [1.807, 2.05) is 32.9 Å². The van der Waals surface area contributed by atoms with E-state index in [9.17, 15) is 18.0 Å². The zero-order valence-corrected chi connectivity index (χ0v) is 23.2. The van der Waals surface area contributed by atoms with Crippen molar-refractivity contribution in [3.63, 3.8) is 0 Å². The van der Waals surface area contributed by atoms with Crippen molar-refractivity contribution < 1.29 is 22.7 Å². The van der Waals surface area contributed by atoms with E-state index in [0.717, 1.165) is 21.0 Å². The maximum Gasteiger partial charge on any atom is 0.343 e. The third kappa shape index (κ3) is 6.81. The zero-order valence-electron chi connectivity index (χ0n) is 22.4. The molecule has 0 saturated heterocycles. The number of benzene rings is 4. The molecule has 4 aromatic rings. The van der Waals surface area contributed by atoms with Gasteiger partial charge >= 0.3 is 5.97 Å². The fourth-order valence-electron chi connectivity index (χ4n) is 3.85. The maximum atomic E-state index is 13.6. The normalized spacial score (nSPS) is 11.3. The lowest BCUT2D eigenvalue weighted by Crippen LogP contribution is -2.40. The van der Waals surface area contributed by atoms with Gasteiger partial charge in [0.25, 0.3) is 15.9 Å². The maximum absolute atomic E-state index is 13.6.